The second kappa shape index (κ2) is 14.3. The van der Waals surface area contributed by atoms with Gasteiger partial charge in [0.25, 0.3) is 5.91 Å². The average molecular weight is 490 g/mol. The Kier molecular flexibility index (Phi) is 13.0. The van der Waals surface area contributed by atoms with Crippen LogP contribution in [-0.2, 0) is 9.53 Å². The van der Waals surface area contributed by atoms with E-state index < -0.39 is 35.6 Å². The van der Waals surface area contributed by atoms with E-state index >= 15 is 0 Å². The van der Waals surface area contributed by atoms with Crippen molar-refractivity contribution < 1.29 is 32.6 Å². The molecule has 0 aliphatic heterocycles. The molecule has 0 bridgehead atoms. The topological polar surface area (TPSA) is 73.9 Å². The molecule has 9 heteroatoms. The van der Waals surface area contributed by atoms with Gasteiger partial charge in [-0.05, 0) is 46.6 Å². The molecule has 166 valence electrons. The predicted octanol–water partition coefficient (Wildman–Crippen LogP) is 4.67. The second-order valence-electron chi connectivity index (χ2n) is 5.29. The summed E-state index contributed by atoms with van der Waals surface area (Å²) in [4.78, 5) is 22.0. The summed E-state index contributed by atoms with van der Waals surface area (Å²) in [5.41, 5.74) is 0.351. The van der Waals surface area contributed by atoms with Gasteiger partial charge in [0.15, 0.2) is 11.5 Å². The third kappa shape index (κ3) is 7.98. The van der Waals surface area contributed by atoms with Crippen molar-refractivity contribution >= 4 is 27.8 Å². The van der Waals surface area contributed by atoms with Crippen molar-refractivity contribution in [1.29, 1.82) is 0 Å². The summed E-state index contributed by atoms with van der Waals surface area (Å²) in [6, 6.07) is 6.97. The third-order valence-corrected chi connectivity index (χ3v) is 4.10. The number of rotatable bonds is 5. The van der Waals surface area contributed by atoms with Crippen LogP contribution in [0.1, 0.15) is 29.8 Å². The molecule has 0 heterocycles. The van der Waals surface area contributed by atoms with Gasteiger partial charge < -0.3 is 19.5 Å². The SMILES string of the molecule is CC.COC(=O)CNC(=O)c1c(F)cccc1F.COc1c(C)ccc(Br)c1OC. The summed E-state index contributed by atoms with van der Waals surface area (Å²) >= 11 is 3.38. The molecule has 2 aromatic rings. The molecule has 0 unspecified atom stereocenters. The maximum absolute atomic E-state index is 13.1. The fourth-order valence-electron chi connectivity index (χ4n) is 2.11. The van der Waals surface area contributed by atoms with Gasteiger partial charge in [0, 0.05) is 0 Å². The molecule has 2 rings (SSSR count). The Morgan fingerprint density at radius 1 is 0.967 bits per heavy atom. The molecule has 2 aromatic carbocycles. The Hall–Kier alpha value is -2.68. The highest BCUT2D eigenvalue weighted by atomic mass is 79.9. The Labute approximate surface area is 183 Å². The zero-order valence-corrected chi connectivity index (χ0v) is 19.4. The fourth-order valence-corrected chi connectivity index (χ4v) is 2.58. The number of hydrogen-bond donors (Lipinski definition) is 1. The van der Waals surface area contributed by atoms with Crippen molar-refractivity contribution in [3.05, 3.63) is 57.6 Å². The summed E-state index contributed by atoms with van der Waals surface area (Å²) in [6.07, 6.45) is 0. The number of aryl methyl sites for hydroxylation is 1. The summed E-state index contributed by atoms with van der Waals surface area (Å²) in [5, 5.41) is 2.04. The number of nitrogens with one attached hydrogen (secondary N) is 1. The van der Waals surface area contributed by atoms with E-state index in [0.29, 0.717) is 0 Å². The van der Waals surface area contributed by atoms with Gasteiger partial charge >= 0.3 is 5.97 Å². The van der Waals surface area contributed by atoms with Crippen molar-refractivity contribution in [2.75, 3.05) is 27.9 Å². The maximum atomic E-state index is 13.1. The number of carbonyl (C=O) groups excluding carboxylic acids is 2. The minimum atomic E-state index is -0.999. The van der Waals surface area contributed by atoms with E-state index in [1.165, 1.54) is 0 Å². The van der Waals surface area contributed by atoms with Crippen LogP contribution in [0, 0.1) is 18.6 Å². The van der Waals surface area contributed by atoms with Crippen LogP contribution >= 0.6 is 15.9 Å². The van der Waals surface area contributed by atoms with Crippen molar-refractivity contribution in [2.45, 2.75) is 20.8 Å². The zero-order chi connectivity index (χ0) is 23.3. The number of benzene rings is 2. The van der Waals surface area contributed by atoms with E-state index in [-0.39, 0.29) is 0 Å². The van der Waals surface area contributed by atoms with Gasteiger partial charge in [-0.1, -0.05) is 26.0 Å². The lowest BCUT2D eigenvalue weighted by Crippen LogP contribution is -2.31. The van der Waals surface area contributed by atoms with Crippen LogP contribution in [0.25, 0.3) is 0 Å². The van der Waals surface area contributed by atoms with Gasteiger partial charge in [0.2, 0.25) is 0 Å². The smallest absolute Gasteiger partial charge is 0.325 e. The summed E-state index contributed by atoms with van der Waals surface area (Å²) in [6.45, 7) is 5.54. The monoisotopic (exact) mass is 489 g/mol. The highest BCUT2D eigenvalue weighted by Crippen LogP contribution is 2.37. The predicted molar refractivity (Wildman–Crippen MR) is 114 cm³/mol. The Morgan fingerprint density at radius 2 is 1.50 bits per heavy atom. The standard InChI is InChI=1S/C10H9F2NO3.C9H11BrO2.C2H6/c1-16-8(14)5-13-10(15)9-6(11)3-2-4-7(9)12;1-6-4-5-7(10)9(12-3)8(6)11-2;1-2/h2-4H,5H2,1H3,(H,13,15);4-5H,1-3H3;1-2H3. The first-order valence-corrected chi connectivity index (χ1v) is 9.72. The molecule has 0 aromatic heterocycles. The van der Waals surface area contributed by atoms with E-state index in [1.807, 2.05) is 38.2 Å². The first-order valence-electron chi connectivity index (χ1n) is 8.92. The number of methoxy groups -OCH3 is 3. The fraction of sp³-hybridized carbons (Fsp3) is 0.333. The average Bonchev–Trinajstić information content (AvgIpc) is 2.75. The molecule has 6 nitrogen and oxygen atoms in total. The lowest BCUT2D eigenvalue weighted by Gasteiger charge is -2.11. The molecule has 0 spiro atoms. The first kappa shape index (κ1) is 27.3. The van der Waals surface area contributed by atoms with Crippen LogP contribution in [0.3, 0.4) is 0 Å². The minimum absolute atomic E-state index is 0.441. The Bertz CT molecular complexity index is 797. The molecular formula is C21H26BrF2NO5. The van der Waals surface area contributed by atoms with Crippen LogP contribution in [0.15, 0.2) is 34.8 Å². The summed E-state index contributed by atoms with van der Waals surface area (Å²) in [7, 11) is 4.40. The zero-order valence-electron chi connectivity index (χ0n) is 17.8. The maximum Gasteiger partial charge on any atom is 0.325 e. The molecule has 0 fully saturated rings. The van der Waals surface area contributed by atoms with Gasteiger partial charge in [-0.2, -0.15) is 0 Å². The highest BCUT2D eigenvalue weighted by Gasteiger charge is 2.17. The third-order valence-electron chi connectivity index (χ3n) is 3.48. The number of carbonyl (C=O) groups is 2. The molecule has 0 radical (unpaired) electrons. The van der Waals surface area contributed by atoms with Crippen LogP contribution in [0.4, 0.5) is 8.78 Å². The number of hydrogen-bond acceptors (Lipinski definition) is 5. The highest BCUT2D eigenvalue weighted by molar-refractivity contribution is 9.10. The molecular weight excluding hydrogens is 464 g/mol. The van der Waals surface area contributed by atoms with Crippen LogP contribution < -0.4 is 14.8 Å². The molecule has 0 saturated heterocycles. The van der Waals surface area contributed by atoms with Crippen molar-refractivity contribution in [3.63, 3.8) is 0 Å². The van der Waals surface area contributed by atoms with E-state index in [9.17, 15) is 18.4 Å². The number of esters is 1. The minimum Gasteiger partial charge on any atom is -0.493 e. The summed E-state index contributed by atoms with van der Waals surface area (Å²) < 4.78 is 41.7. The molecule has 0 aliphatic rings. The lowest BCUT2D eigenvalue weighted by molar-refractivity contribution is -0.139. The van der Waals surface area contributed by atoms with Gasteiger partial charge in [-0.15, -0.1) is 0 Å². The van der Waals surface area contributed by atoms with Crippen molar-refractivity contribution in [2.24, 2.45) is 0 Å². The molecule has 1 N–H and O–H groups in total. The quantitative estimate of drug-likeness (QED) is 0.617. The number of halogens is 3. The van der Waals surface area contributed by atoms with Crippen molar-refractivity contribution in [1.82, 2.24) is 5.32 Å². The van der Waals surface area contributed by atoms with Crippen LogP contribution in [-0.4, -0.2) is 39.8 Å². The molecule has 0 atom stereocenters. The van der Waals surface area contributed by atoms with Gasteiger partial charge in [-0.3, -0.25) is 9.59 Å². The van der Waals surface area contributed by atoms with E-state index in [0.717, 1.165) is 46.8 Å². The summed E-state index contributed by atoms with van der Waals surface area (Å²) in [5.74, 6) is -2.14. The van der Waals surface area contributed by atoms with Crippen LogP contribution in [0.5, 0.6) is 11.5 Å². The lowest BCUT2D eigenvalue weighted by atomic mass is 10.2. The molecule has 0 saturated carbocycles. The van der Waals surface area contributed by atoms with Gasteiger partial charge in [0.05, 0.1) is 25.8 Å². The Balaban J connectivity index is 0.000000535. The van der Waals surface area contributed by atoms with Gasteiger partial charge in [0.1, 0.15) is 23.7 Å². The molecule has 0 aliphatic carbocycles. The largest absolute Gasteiger partial charge is 0.493 e. The van der Waals surface area contributed by atoms with Gasteiger partial charge in [-0.25, -0.2) is 8.78 Å². The van der Waals surface area contributed by atoms with Crippen LogP contribution in [0.2, 0.25) is 0 Å². The second-order valence-corrected chi connectivity index (χ2v) is 6.14. The van der Waals surface area contributed by atoms with E-state index in [1.54, 1.807) is 14.2 Å². The van der Waals surface area contributed by atoms with Crippen molar-refractivity contribution in [3.8, 4) is 11.5 Å². The normalized spacial score (nSPS) is 9.23. The number of amides is 1. The van der Waals surface area contributed by atoms with E-state index in [2.05, 4.69) is 20.7 Å². The molecule has 30 heavy (non-hydrogen) atoms. The van der Waals surface area contributed by atoms with E-state index in [4.69, 9.17) is 9.47 Å². The Morgan fingerprint density at radius 3 is 1.93 bits per heavy atom. The molecule has 1 amide bonds. The first-order chi connectivity index (χ1) is 14.3. The number of ether oxygens (including phenoxy) is 3.